The van der Waals surface area contributed by atoms with Gasteiger partial charge in [-0.2, -0.15) is 0 Å². The number of esters is 1. The van der Waals surface area contributed by atoms with E-state index in [1.165, 1.54) is 7.11 Å². The summed E-state index contributed by atoms with van der Waals surface area (Å²) in [5, 5.41) is 14.2. The van der Waals surface area contributed by atoms with E-state index >= 15 is 0 Å². The second-order valence-electron chi connectivity index (χ2n) is 5.39. The van der Waals surface area contributed by atoms with Crippen LogP contribution in [0.3, 0.4) is 0 Å². The highest BCUT2D eigenvalue weighted by molar-refractivity contribution is 6.39. The number of rotatable bonds is 5. The second-order valence-corrected chi connectivity index (χ2v) is 5.39. The van der Waals surface area contributed by atoms with E-state index < -0.39 is 23.9 Å². The van der Waals surface area contributed by atoms with E-state index in [1.54, 1.807) is 18.2 Å². The summed E-state index contributed by atoms with van der Waals surface area (Å²) >= 11 is 0. The number of amides is 2. The Hall–Kier alpha value is -2.74. The summed E-state index contributed by atoms with van der Waals surface area (Å²) in [6, 6.07) is 4.84. The summed E-state index contributed by atoms with van der Waals surface area (Å²) in [4.78, 5) is 46.0. The van der Waals surface area contributed by atoms with Crippen LogP contribution < -0.4 is 10.6 Å². The molecule has 2 rings (SSSR count). The number of hydrogen-bond donors (Lipinski definition) is 3. The van der Waals surface area contributed by atoms with E-state index in [1.807, 2.05) is 0 Å². The first kappa shape index (κ1) is 17.6. The van der Waals surface area contributed by atoms with Gasteiger partial charge in [-0.05, 0) is 30.2 Å². The summed E-state index contributed by atoms with van der Waals surface area (Å²) in [7, 11) is 1.19. The predicted molar refractivity (Wildman–Crippen MR) is 83.4 cm³/mol. The van der Waals surface area contributed by atoms with Crippen LogP contribution in [-0.4, -0.2) is 48.4 Å². The third-order valence-electron chi connectivity index (χ3n) is 3.62. The van der Waals surface area contributed by atoms with Gasteiger partial charge in [0, 0.05) is 24.2 Å². The van der Waals surface area contributed by atoms with Crippen LogP contribution in [0.5, 0.6) is 0 Å². The third-order valence-corrected chi connectivity index (χ3v) is 3.62. The molecule has 0 bridgehead atoms. The van der Waals surface area contributed by atoms with Gasteiger partial charge in [0.2, 0.25) is 0 Å². The lowest BCUT2D eigenvalue weighted by Crippen LogP contribution is -2.40. The van der Waals surface area contributed by atoms with Gasteiger partial charge in [-0.3, -0.25) is 19.2 Å². The standard InChI is InChI=1S/C16H18N2O6/c1-24-14(21)7-11(19)8-17-15(22)16(23)18-10-3-4-12-9(6-10)2-5-13(12)20/h3-4,6,11,19H,2,5,7-8H2,1H3,(H,17,22)(H,18,23). The predicted octanol–water partition coefficient (Wildman–Crippen LogP) is -0.206. The molecule has 1 atom stereocenters. The molecule has 8 nitrogen and oxygen atoms in total. The molecule has 0 fully saturated rings. The molecule has 0 spiro atoms. The average molecular weight is 334 g/mol. The van der Waals surface area contributed by atoms with Crippen molar-refractivity contribution in [2.45, 2.75) is 25.4 Å². The van der Waals surface area contributed by atoms with Crippen LogP contribution >= 0.6 is 0 Å². The fraction of sp³-hybridized carbons (Fsp3) is 0.375. The lowest BCUT2D eigenvalue weighted by Gasteiger charge is -2.11. The molecule has 1 aromatic rings. The Morgan fingerprint density at radius 3 is 2.71 bits per heavy atom. The topological polar surface area (TPSA) is 122 Å². The molecule has 0 radical (unpaired) electrons. The third kappa shape index (κ3) is 4.39. The van der Waals surface area contributed by atoms with Crippen molar-refractivity contribution < 1.29 is 29.0 Å². The van der Waals surface area contributed by atoms with Crippen LogP contribution in [0.4, 0.5) is 5.69 Å². The van der Waals surface area contributed by atoms with Gasteiger partial charge in [0.1, 0.15) is 0 Å². The van der Waals surface area contributed by atoms with Gasteiger partial charge >= 0.3 is 17.8 Å². The van der Waals surface area contributed by atoms with Gasteiger partial charge in [-0.15, -0.1) is 0 Å². The van der Waals surface area contributed by atoms with Crippen molar-refractivity contribution in [3.8, 4) is 0 Å². The van der Waals surface area contributed by atoms with Crippen LogP contribution in [0, 0.1) is 0 Å². The quantitative estimate of drug-likeness (QED) is 0.506. The van der Waals surface area contributed by atoms with Crippen molar-refractivity contribution in [1.82, 2.24) is 5.32 Å². The number of carbonyl (C=O) groups excluding carboxylic acids is 4. The van der Waals surface area contributed by atoms with E-state index in [4.69, 9.17) is 0 Å². The Morgan fingerprint density at radius 2 is 2.00 bits per heavy atom. The van der Waals surface area contributed by atoms with E-state index in [-0.39, 0.29) is 18.7 Å². The number of aliphatic hydroxyl groups excluding tert-OH is 1. The van der Waals surface area contributed by atoms with Crippen molar-refractivity contribution in [2.75, 3.05) is 19.0 Å². The molecule has 2 amide bonds. The molecule has 128 valence electrons. The summed E-state index contributed by atoms with van der Waals surface area (Å²) < 4.78 is 4.38. The highest BCUT2D eigenvalue weighted by atomic mass is 16.5. The summed E-state index contributed by atoms with van der Waals surface area (Å²) in [5.41, 5.74) is 1.90. The molecule has 0 aliphatic heterocycles. The number of Topliss-reactive ketones (excluding diaryl/α,β-unsaturated/α-hetero) is 1. The van der Waals surface area contributed by atoms with Gasteiger partial charge in [-0.1, -0.05) is 0 Å². The Bertz CT molecular complexity index is 685. The van der Waals surface area contributed by atoms with Crippen molar-refractivity contribution >= 4 is 29.3 Å². The fourth-order valence-corrected chi connectivity index (χ4v) is 2.36. The Balaban J connectivity index is 1.85. The number of benzene rings is 1. The molecule has 1 aromatic carbocycles. The molecule has 0 saturated carbocycles. The van der Waals surface area contributed by atoms with Crippen molar-refractivity contribution in [3.05, 3.63) is 29.3 Å². The molecule has 3 N–H and O–H groups in total. The number of ketones is 1. The number of fused-ring (bicyclic) bond motifs is 1. The minimum atomic E-state index is -1.14. The molecular weight excluding hydrogens is 316 g/mol. The number of carbonyl (C=O) groups is 4. The molecule has 0 aromatic heterocycles. The number of ether oxygens (including phenoxy) is 1. The van der Waals surface area contributed by atoms with E-state index in [9.17, 15) is 24.3 Å². The van der Waals surface area contributed by atoms with Crippen LogP contribution in [0.1, 0.15) is 28.8 Å². The maximum atomic E-state index is 11.8. The van der Waals surface area contributed by atoms with Crippen LogP contribution in [0.2, 0.25) is 0 Å². The van der Waals surface area contributed by atoms with Crippen molar-refractivity contribution in [2.24, 2.45) is 0 Å². The first-order chi connectivity index (χ1) is 11.4. The average Bonchev–Trinajstić information content (AvgIpc) is 2.93. The molecule has 0 heterocycles. The number of nitrogens with one attached hydrogen (secondary N) is 2. The minimum absolute atomic E-state index is 0.0696. The molecule has 1 aliphatic rings. The lowest BCUT2D eigenvalue weighted by molar-refractivity contribution is -0.143. The van der Waals surface area contributed by atoms with E-state index in [0.717, 1.165) is 5.56 Å². The fourth-order valence-electron chi connectivity index (χ4n) is 2.36. The molecule has 0 saturated heterocycles. The normalized spacial score (nSPS) is 13.8. The molecule has 8 heteroatoms. The largest absolute Gasteiger partial charge is 0.469 e. The lowest BCUT2D eigenvalue weighted by atomic mass is 10.1. The van der Waals surface area contributed by atoms with Gasteiger partial charge in [0.25, 0.3) is 0 Å². The van der Waals surface area contributed by atoms with Gasteiger partial charge < -0.3 is 20.5 Å². The number of methoxy groups -OCH3 is 1. The number of hydrogen-bond acceptors (Lipinski definition) is 6. The van der Waals surface area contributed by atoms with E-state index in [0.29, 0.717) is 24.1 Å². The van der Waals surface area contributed by atoms with E-state index in [2.05, 4.69) is 15.4 Å². The van der Waals surface area contributed by atoms with Crippen LogP contribution in [0.25, 0.3) is 0 Å². The Morgan fingerprint density at radius 1 is 1.25 bits per heavy atom. The number of aryl methyl sites for hydroxylation is 1. The minimum Gasteiger partial charge on any atom is -0.469 e. The SMILES string of the molecule is COC(=O)CC(O)CNC(=O)C(=O)Nc1ccc2c(c1)CCC2=O. The molecular formula is C16H18N2O6. The zero-order chi connectivity index (χ0) is 17.7. The van der Waals surface area contributed by atoms with Crippen molar-refractivity contribution in [1.29, 1.82) is 0 Å². The van der Waals surface area contributed by atoms with Gasteiger partial charge in [0.15, 0.2) is 5.78 Å². The van der Waals surface area contributed by atoms with Gasteiger partial charge in [0.05, 0.1) is 19.6 Å². The maximum Gasteiger partial charge on any atom is 0.313 e. The van der Waals surface area contributed by atoms with Gasteiger partial charge in [-0.25, -0.2) is 0 Å². The number of anilines is 1. The van der Waals surface area contributed by atoms with Crippen LogP contribution in [0.15, 0.2) is 18.2 Å². The Labute approximate surface area is 138 Å². The Kier molecular flexibility index (Phi) is 5.64. The molecule has 1 aliphatic carbocycles. The maximum absolute atomic E-state index is 11.8. The second kappa shape index (κ2) is 7.69. The van der Waals surface area contributed by atoms with Crippen molar-refractivity contribution in [3.63, 3.8) is 0 Å². The highest BCUT2D eigenvalue weighted by Crippen LogP contribution is 2.24. The first-order valence-electron chi connectivity index (χ1n) is 7.41. The highest BCUT2D eigenvalue weighted by Gasteiger charge is 2.21. The summed E-state index contributed by atoms with van der Waals surface area (Å²) in [5.74, 6) is -2.38. The molecule has 1 unspecified atom stereocenters. The number of aliphatic hydroxyl groups is 1. The zero-order valence-corrected chi connectivity index (χ0v) is 13.1. The summed E-state index contributed by atoms with van der Waals surface area (Å²) in [6.45, 7) is -0.250. The smallest absolute Gasteiger partial charge is 0.313 e. The van der Waals surface area contributed by atoms with Crippen LogP contribution in [-0.2, 0) is 25.5 Å². The first-order valence-corrected chi connectivity index (χ1v) is 7.41. The molecule has 24 heavy (non-hydrogen) atoms. The summed E-state index contributed by atoms with van der Waals surface area (Å²) in [6.07, 6.45) is -0.355. The zero-order valence-electron chi connectivity index (χ0n) is 13.1. The monoisotopic (exact) mass is 334 g/mol.